The Morgan fingerprint density at radius 2 is 2.11 bits per heavy atom. The fourth-order valence-electron chi connectivity index (χ4n) is 2.22. The van der Waals surface area contributed by atoms with Gasteiger partial charge in [-0.05, 0) is 24.3 Å². The van der Waals surface area contributed by atoms with Crippen LogP contribution in [0.5, 0.6) is 5.75 Å². The van der Waals surface area contributed by atoms with Crippen LogP contribution in [-0.2, 0) is 0 Å². The number of rotatable bonds is 2. The lowest BCUT2D eigenvalue weighted by atomic mass is 10.1. The van der Waals surface area contributed by atoms with Gasteiger partial charge in [-0.15, -0.1) is 0 Å². The van der Waals surface area contributed by atoms with E-state index in [0.717, 1.165) is 11.3 Å². The monoisotopic (exact) mass is 254 g/mol. The Kier molecular flexibility index (Phi) is 2.81. The van der Waals surface area contributed by atoms with Crippen molar-refractivity contribution in [2.75, 3.05) is 11.9 Å². The molecular weight excluding hydrogens is 243 g/mol. The molecular formula is C15H11FN2O. The highest BCUT2D eigenvalue weighted by molar-refractivity contribution is 5.53. The molecule has 1 heterocycles. The number of halogens is 1. The van der Waals surface area contributed by atoms with Gasteiger partial charge in [-0.25, -0.2) is 4.39 Å². The third-order valence-electron chi connectivity index (χ3n) is 3.07. The number of anilines is 1. The maximum atomic E-state index is 13.4. The minimum absolute atomic E-state index is 0.0236. The maximum Gasteiger partial charge on any atom is 0.126 e. The number of hydrogen-bond donors (Lipinski definition) is 1. The van der Waals surface area contributed by atoms with Gasteiger partial charge in [-0.1, -0.05) is 18.2 Å². The summed E-state index contributed by atoms with van der Waals surface area (Å²) in [6, 6.07) is 13.9. The molecule has 4 heteroatoms. The number of ether oxygens (including phenoxy) is 1. The number of benzene rings is 2. The van der Waals surface area contributed by atoms with Crippen molar-refractivity contribution in [1.29, 1.82) is 5.26 Å². The van der Waals surface area contributed by atoms with Gasteiger partial charge < -0.3 is 10.1 Å². The van der Waals surface area contributed by atoms with Gasteiger partial charge >= 0.3 is 0 Å². The summed E-state index contributed by atoms with van der Waals surface area (Å²) in [5, 5.41) is 12.0. The van der Waals surface area contributed by atoms with Gasteiger partial charge in [0.1, 0.15) is 18.2 Å². The zero-order valence-electron chi connectivity index (χ0n) is 10.1. The van der Waals surface area contributed by atoms with E-state index in [1.54, 1.807) is 6.07 Å². The quantitative estimate of drug-likeness (QED) is 0.894. The van der Waals surface area contributed by atoms with Crippen molar-refractivity contribution < 1.29 is 9.13 Å². The molecule has 3 nitrogen and oxygen atoms in total. The summed E-state index contributed by atoms with van der Waals surface area (Å²) in [4.78, 5) is 0. The number of hydrogen-bond acceptors (Lipinski definition) is 3. The lowest BCUT2D eigenvalue weighted by Gasteiger charge is -2.13. The molecule has 0 aromatic heterocycles. The van der Waals surface area contributed by atoms with E-state index >= 15 is 0 Å². The molecule has 2 aromatic carbocycles. The number of fused-ring (bicyclic) bond motifs is 1. The van der Waals surface area contributed by atoms with Crippen LogP contribution in [0.4, 0.5) is 10.1 Å². The second-order valence-electron chi connectivity index (χ2n) is 4.39. The molecule has 0 radical (unpaired) electrons. The maximum absolute atomic E-state index is 13.4. The normalized spacial score (nSPS) is 16.3. The fraction of sp³-hybridized carbons (Fsp3) is 0.133. The van der Waals surface area contributed by atoms with Gasteiger partial charge in [0.05, 0.1) is 17.7 Å². The molecule has 2 aromatic rings. The smallest absolute Gasteiger partial charge is 0.126 e. The molecule has 0 spiro atoms. The van der Waals surface area contributed by atoms with E-state index < -0.39 is 5.82 Å². The van der Waals surface area contributed by atoms with E-state index in [1.807, 2.05) is 30.3 Å². The van der Waals surface area contributed by atoms with Gasteiger partial charge in [-0.3, -0.25) is 0 Å². The van der Waals surface area contributed by atoms with Crippen molar-refractivity contribution in [2.24, 2.45) is 0 Å². The molecule has 1 aliphatic heterocycles. The van der Waals surface area contributed by atoms with E-state index in [4.69, 9.17) is 10.00 Å². The molecule has 0 amide bonds. The Balaban J connectivity index is 1.88. The minimum Gasteiger partial charge on any atom is -0.491 e. The predicted molar refractivity (Wildman–Crippen MR) is 69.4 cm³/mol. The molecule has 3 rings (SSSR count). The largest absolute Gasteiger partial charge is 0.491 e. The summed E-state index contributed by atoms with van der Waals surface area (Å²) in [5.74, 6) is 0.422. The summed E-state index contributed by atoms with van der Waals surface area (Å²) < 4.78 is 18.9. The summed E-state index contributed by atoms with van der Waals surface area (Å²) in [7, 11) is 0. The van der Waals surface area contributed by atoms with E-state index in [2.05, 4.69) is 5.32 Å². The number of nitrogens with one attached hydrogen (secondary N) is 1. The molecule has 0 bridgehead atoms. The average Bonchev–Trinajstić information content (AvgIpc) is 2.82. The Hall–Kier alpha value is -2.54. The Labute approximate surface area is 110 Å². The Morgan fingerprint density at radius 1 is 1.26 bits per heavy atom. The van der Waals surface area contributed by atoms with Crippen molar-refractivity contribution in [1.82, 2.24) is 0 Å². The highest BCUT2D eigenvalue weighted by atomic mass is 19.1. The SMILES string of the molecule is N#Cc1cc(F)cc(NC2COc3ccccc32)c1. The van der Waals surface area contributed by atoms with Crippen LogP contribution in [0.1, 0.15) is 17.2 Å². The van der Waals surface area contributed by atoms with Crippen molar-refractivity contribution in [3.05, 3.63) is 59.4 Å². The topological polar surface area (TPSA) is 45.0 Å². The first kappa shape index (κ1) is 11.5. The summed E-state index contributed by atoms with van der Waals surface area (Å²) >= 11 is 0. The molecule has 19 heavy (non-hydrogen) atoms. The van der Waals surface area contributed by atoms with Gasteiger partial charge in [0.2, 0.25) is 0 Å². The first-order chi connectivity index (χ1) is 9.26. The Morgan fingerprint density at radius 3 is 2.95 bits per heavy atom. The average molecular weight is 254 g/mol. The number of nitriles is 1. The van der Waals surface area contributed by atoms with Crippen molar-refractivity contribution in [3.63, 3.8) is 0 Å². The van der Waals surface area contributed by atoms with E-state index in [1.165, 1.54) is 12.1 Å². The van der Waals surface area contributed by atoms with Crippen LogP contribution in [0.15, 0.2) is 42.5 Å². The van der Waals surface area contributed by atoms with Crippen LogP contribution >= 0.6 is 0 Å². The van der Waals surface area contributed by atoms with Crippen LogP contribution in [-0.4, -0.2) is 6.61 Å². The molecule has 0 aliphatic carbocycles. The van der Waals surface area contributed by atoms with Crippen LogP contribution in [0.2, 0.25) is 0 Å². The van der Waals surface area contributed by atoms with Crippen molar-refractivity contribution in [2.45, 2.75) is 6.04 Å². The Bertz CT molecular complexity index is 663. The van der Waals surface area contributed by atoms with E-state index in [9.17, 15) is 4.39 Å². The minimum atomic E-state index is -0.422. The lowest BCUT2D eigenvalue weighted by molar-refractivity contribution is 0.340. The van der Waals surface area contributed by atoms with Crippen LogP contribution < -0.4 is 10.1 Å². The zero-order chi connectivity index (χ0) is 13.2. The van der Waals surface area contributed by atoms with Crippen molar-refractivity contribution in [3.8, 4) is 11.8 Å². The molecule has 1 unspecified atom stereocenters. The molecule has 0 saturated carbocycles. The van der Waals surface area contributed by atoms with Gasteiger partial charge in [0.25, 0.3) is 0 Å². The molecule has 94 valence electrons. The zero-order valence-corrected chi connectivity index (χ0v) is 10.1. The van der Waals surface area contributed by atoms with Gasteiger partial charge in [0, 0.05) is 11.3 Å². The summed E-state index contributed by atoms with van der Waals surface area (Å²) in [5.41, 5.74) is 1.93. The second kappa shape index (κ2) is 4.62. The van der Waals surface area contributed by atoms with Crippen molar-refractivity contribution >= 4 is 5.69 Å². The molecule has 1 atom stereocenters. The molecule has 1 N–H and O–H groups in total. The fourth-order valence-corrected chi connectivity index (χ4v) is 2.22. The van der Waals surface area contributed by atoms with Gasteiger partial charge in [0.15, 0.2) is 0 Å². The van der Waals surface area contributed by atoms with Gasteiger partial charge in [-0.2, -0.15) is 5.26 Å². The standard InChI is InChI=1S/C15H11FN2O/c16-11-5-10(8-17)6-12(7-11)18-14-9-19-15-4-2-1-3-13(14)15/h1-7,14,18H,9H2. The van der Waals surface area contributed by atoms with Crippen LogP contribution in [0.3, 0.4) is 0 Å². The van der Waals surface area contributed by atoms with Crippen LogP contribution in [0, 0.1) is 17.1 Å². The first-order valence-electron chi connectivity index (χ1n) is 5.95. The predicted octanol–water partition coefficient (Wildman–Crippen LogP) is 3.24. The first-order valence-corrected chi connectivity index (χ1v) is 5.95. The summed E-state index contributed by atoms with van der Waals surface area (Å²) in [6.45, 7) is 0.498. The molecule has 1 aliphatic rings. The third-order valence-corrected chi connectivity index (χ3v) is 3.07. The second-order valence-corrected chi connectivity index (χ2v) is 4.39. The molecule has 0 fully saturated rings. The van der Waals surface area contributed by atoms with Crippen LogP contribution in [0.25, 0.3) is 0 Å². The van der Waals surface area contributed by atoms with E-state index in [-0.39, 0.29) is 6.04 Å². The molecule has 0 saturated heterocycles. The number of nitrogens with zero attached hydrogens (tertiary/aromatic N) is 1. The highest BCUT2D eigenvalue weighted by Gasteiger charge is 2.23. The lowest BCUT2D eigenvalue weighted by Crippen LogP contribution is -2.12. The summed E-state index contributed by atoms with van der Waals surface area (Å²) in [6.07, 6.45) is 0. The van der Waals surface area contributed by atoms with E-state index in [0.29, 0.717) is 17.9 Å². The third kappa shape index (κ3) is 2.23. The highest BCUT2D eigenvalue weighted by Crippen LogP contribution is 2.34. The number of para-hydroxylation sites is 1.